The van der Waals surface area contributed by atoms with E-state index >= 15 is 0 Å². The van der Waals surface area contributed by atoms with Crippen molar-refractivity contribution in [1.29, 1.82) is 0 Å². The first-order chi connectivity index (χ1) is 8.03. The van der Waals surface area contributed by atoms with Gasteiger partial charge >= 0.3 is 6.03 Å². The lowest BCUT2D eigenvalue weighted by atomic mass is 9.96. The number of morpholine rings is 1. The van der Waals surface area contributed by atoms with Gasteiger partial charge in [0, 0.05) is 19.1 Å². The first-order valence-corrected chi connectivity index (χ1v) is 6.42. The molecule has 0 radical (unpaired) electrons. The van der Waals surface area contributed by atoms with Gasteiger partial charge in [0.05, 0.1) is 18.8 Å². The van der Waals surface area contributed by atoms with Crippen molar-refractivity contribution in [1.82, 2.24) is 10.2 Å². The molecule has 5 nitrogen and oxygen atoms in total. The largest absolute Gasteiger partial charge is 0.370 e. The Morgan fingerprint density at radius 2 is 2.29 bits per heavy atom. The Bertz CT molecular complexity index is 254. The first-order valence-electron chi connectivity index (χ1n) is 6.42. The second kappa shape index (κ2) is 6.21. The molecule has 1 atom stereocenters. The van der Waals surface area contributed by atoms with Crippen LogP contribution in [0.1, 0.15) is 33.6 Å². The Labute approximate surface area is 104 Å². The summed E-state index contributed by atoms with van der Waals surface area (Å²) in [6, 6.07) is 0.140. The van der Waals surface area contributed by atoms with Crippen LogP contribution in [0.5, 0.6) is 0 Å². The third-order valence-electron chi connectivity index (χ3n) is 3.03. The van der Waals surface area contributed by atoms with Gasteiger partial charge in [-0.1, -0.05) is 13.3 Å². The molecule has 1 aliphatic rings. The molecule has 1 rings (SSSR count). The molecule has 0 spiro atoms. The average molecular weight is 243 g/mol. The zero-order valence-electron chi connectivity index (χ0n) is 11.2. The molecule has 2 amide bonds. The lowest BCUT2D eigenvalue weighted by Crippen LogP contribution is -2.59. The molecule has 0 aromatic rings. The van der Waals surface area contributed by atoms with Gasteiger partial charge in [0.15, 0.2) is 0 Å². The van der Waals surface area contributed by atoms with Crippen LogP contribution in [-0.2, 0) is 4.74 Å². The van der Waals surface area contributed by atoms with Crippen molar-refractivity contribution in [3.8, 4) is 0 Å². The first kappa shape index (κ1) is 14.3. The summed E-state index contributed by atoms with van der Waals surface area (Å²) in [6.45, 7) is 8.30. The van der Waals surface area contributed by atoms with Crippen molar-refractivity contribution in [2.45, 2.75) is 45.3 Å². The number of rotatable bonds is 4. The number of urea groups is 1. The van der Waals surface area contributed by atoms with E-state index < -0.39 is 0 Å². The minimum Gasteiger partial charge on any atom is -0.370 e. The van der Waals surface area contributed by atoms with Crippen LogP contribution in [0, 0.1) is 0 Å². The van der Waals surface area contributed by atoms with E-state index in [1.54, 1.807) is 0 Å². The summed E-state index contributed by atoms with van der Waals surface area (Å²) >= 11 is 0. The molecule has 0 aliphatic carbocycles. The fourth-order valence-corrected chi connectivity index (χ4v) is 2.19. The predicted octanol–water partition coefficient (Wildman–Crippen LogP) is 0.934. The van der Waals surface area contributed by atoms with Crippen molar-refractivity contribution >= 4 is 6.03 Å². The second-order valence-corrected chi connectivity index (χ2v) is 5.01. The smallest absolute Gasteiger partial charge is 0.317 e. The average Bonchev–Trinajstić information content (AvgIpc) is 2.29. The molecule has 1 aliphatic heterocycles. The highest BCUT2D eigenvalue weighted by atomic mass is 16.5. The quantitative estimate of drug-likeness (QED) is 0.772. The Morgan fingerprint density at radius 1 is 1.59 bits per heavy atom. The molecule has 1 unspecified atom stereocenters. The van der Waals surface area contributed by atoms with E-state index in [0.29, 0.717) is 26.2 Å². The highest BCUT2D eigenvalue weighted by Gasteiger charge is 2.36. The molecular formula is C12H25N3O2. The van der Waals surface area contributed by atoms with Crippen LogP contribution in [0.4, 0.5) is 4.79 Å². The summed E-state index contributed by atoms with van der Waals surface area (Å²) in [7, 11) is 0. The molecule has 5 heteroatoms. The Balaban J connectivity index is 2.61. The molecule has 1 heterocycles. The molecule has 100 valence electrons. The molecule has 3 N–H and O–H groups in total. The van der Waals surface area contributed by atoms with Crippen LogP contribution in [0.3, 0.4) is 0 Å². The number of nitrogens with zero attached hydrogens (tertiary/aromatic N) is 1. The SMILES string of the molecule is CCCC1(CN)CN(C(=O)NC(C)C)CCO1. The topological polar surface area (TPSA) is 67.6 Å². The molecular weight excluding hydrogens is 218 g/mol. The summed E-state index contributed by atoms with van der Waals surface area (Å²) in [6.07, 6.45) is 1.91. The second-order valence-electron chi connectivity index (χ2n) is 5.01. The number of ether oxygens (including phenoxy) is 1. The Kier molecular flexibility index (Phi) is 5.21. The minimum absolute atomic E-state index is 0.0165. The summed E-state index contributed by atoms with van der Waals surface area (Å²) in [5.74, 6) is 0. The minimum atomic E-state index is -0.346. The van der Waals surface area contributed by atoms with Gasteiger partial charge in [-0.15, -0.1) is 0 Å². The number of amides is 2. The fourth-order valence-electron chi connectivity index (χ4n) is 2.19. The molecule has 17 heavy (non-hydrogen) atoms. The molecule has 0 aromatic heterocycles. The van der Waals surface area contributed by atoms with Gasteiger partial charge in [0.25, 0.3) is 0 Å². The number of hydrogen-bond donors (Lipinski definition) is 2. The van der Waals surface area contributed by atoms with Crippen molar-refractivity contribution in [3.63, 3.8) is 0 Å². The van der Waals surface area contributed by atoms with Gasteiger partial charge in [0.2, 0.25) is 0 Å². The lowest BCUT2D eigenvalue weighted by molar-refractivity contribution is -0.0961. The van der Waals surface area contributed by atoms with E-state index in [1.165, 1.54) is 0 Å². The van der Waals surface area contributed by atoms with Gasteiger partial charge in [0.1, 0.15) is 0 Å². The maximum atomic E-state index is 11.9. The molecule has 0 saturated carbocycles. The van der Waals surface area contributed by atoms with Gasteiger partial charge in [-0.25, -0.2) is 4.79 Å². The lowest BCUT2D eigenvalue weighted by Gasteiger charge is -2.42. The third kappa shape index (κ3) is 3.85. The van der Waals surface area contributed by atoms with E-state index in [1.807, 2.05) is 18.7 Å². The van der Waals surface area contributed by atoms with E-state index in [-0.39, 0.29) is 17.7 Å². The van der Waals surface area contributed by atoms with E-state index in [2.05, 4.69) is 12.2 Å². The van der Waals surface area contributed by atoms with Crippen LogP contribution >= 0.6 is 0 Å². The monoisotopic (exact) mass is 243 g/mol. The normalized spacial score (nSPS) is 25.1. The van der Waals surface area contributed by atoms with Crippen molar-refractivity contribution in [2.75, 3.05) is 26.2 Å². The highest BCUT2D eigenvalue weighted by Crippen LogP contribution is 2.22. The number of nitrogens with one attached hydrogen (secondary N) is 1. The van der Waals surface area contributed by atoms with E-state index in [0.717, 1.165) is 12.8 Å². The number of nitrogens with two attached hydrogens (primary N) is 1. The summed E-state index contributed by atoms with van der Waals surface area (Å²) in [4.78, 5) is 13.7. The highest BCUT2D eigenvalue weighted by molar-refractivity contribution is 5.74. The fraction of sp³-hybridized carbons (Fsp3) is 0.917. The summed E-state index contributed by atoms with van der Waals surface area (Å²) < 4.78 is 5.79. The zero-order valence-corrected chi connectivity index (χ0v) is 11.2. The number of hydrogen-bond acceptors (Lipinski definition) is 3. The zero-order chi connectivity index (χ0) is 12.9. The molecule has 1 fully saturated rings. The van der Waals surface area contributed by atoms with Gasteiger partial charge < -0.3 is 20.7 Å². The van der Waals surface area contributed by atoms with Crippen molar-refractivity contribution < 1.29 is 9.53 Å². The standard InChI is InChI=1S/C12H25N3O2/c1-4-5-12(8-13)9-15(6-7-17-12)11(16)14-10(2)3/h10H,4-9,13H2,1-3H3,(H,14,16). The van der Waals surface area contributed by atoms with Gasteiger partial charge in [-0.3, -0.25) is 0 Å². The van der Waals surface area contributed by atoms with Crippen LogP contribution in [0.15, 0.2) is 0 Å². The van der Waals surface area contributed by atoms with Crippen molar-refractivity contribution in [2.24, 2.45) is 5.73 Å². The van der Waals surface area contributed by atoms with E-state index in [9.17, 15) is 4.79 Å². The van der Waals surface area contributed by atoms with Gasteiger partial charge in [-0.05, 0) is 20.3 Å². The van der Waals surface area contributed by atoms with E-state index in [4.69, 9.17) is 10.5 Å². The van der Waals surface area contributed by atoms with Crippen LogP contribution in [0.25, 0.3) is 0 Å². The molecule has 1 saturated heterocycles. The predicted molar refractivity (Wildman–Crippen MR) is 67.9 cm³/mol. The Hall–Kier alpha value is -0.810. The maximum Gasteiger partial charge on any atom is 0.317 e. The third-order valence-corrected chi connectivity index (χ3v) is 3.03. The molecule has 0 aromatic carbocycles. The summed E-state index contributed by atoms with van der Waals surface area (Å²) in [5.41, 5.74) is 5.46. The number of carbonyl (C=O) groups excluding carboxylic acids is 1. The van der Waals surface area contributed by atoms with Crippen LogP contribution in [-0.4, -0.2) is 48.8 Å². The Morgan fingerprint density at radius 3 is 2.82 bits per heavy atom. The number of carbonyl (C=O) groups is 1. The van der Waals surface area contributed by atoms with Gasteiger partial charge in [-0.2, -0.15) is 0 Å². The maximum absolute atomic E-state index is 11.9. The molecule has 0 bridgehead atoms. The van der Waals surface area contributed by atoms with Crippen molar-refractivity contribution in [3.05, 3.63) is 0 Å². The summed E-state index contributed by atoms with van der Waals surface area (Å²) in [5, 5.41) is 2.91. The van der Waals surface area contributed by atoms with Crippen LogP contribution in [0.2, 0.25) is 0 Å². The van der Waals surface area contributed by atoms with Crippen LogP contribution < -0.4 is 11.1 Å².